The molecule has 1 fully saturated rings. The summed E-state index contributed by atoms with van der Waals surface area (Å²) in [7, 11) is -4.92. The van der Waals surface area contributed by atoms with Crippen LogP contribution in [0.3, 0.4) is 0 Å². The lowest BCUT2D eigenvalue weighted by Gasteiger charge is -2.50. The first kappa shape index (κ1) is 36.5. The third-order valence-corrected chi connectivity index (χ3v) is 15.8. The van der Waals surface area contributed by atoms with Gasteiger partial charge in [0.2, 0.25) is 0 Å². The van der Waals surface area contributed by atoms with Gasteiger partial charge in [0.15, 0.2) is 14.2 Å². The molecule has 10 nitrogen and oxygen atoms in total. The number of phosphoric ester groups is 1. The van der Waals surface area contributed by atoms with E-state index in [2.05, 4.69) is 33.9 Å². The van der Waals surface area contributed by atoms with Gasteiger partial charge in [0, 0.05) is 11.5 Å². The highest BCUT2D eigenvalue weighted by Crippen LogP contribution is 2.55. The first-order valence-electron chi connectivity index (χ1n) is 16.5. The van der Waals surface area contributed by atoms with Crippen LogP contribution in [0, 0.1) is 11.8 Å². The third-order valence-electron chi connectivity index (χ3n) is 9.88. The number of carbonyl (C=O) groups excluding carboxylic acids is 2. The lowest BCUT2D eigenvalue weighted by atomic mass is 9.75. The molecule has 5 atom stereocenters. The van der Waals surface area contributed by atoms with Gasteiger partial charge in [0.1, 0.15) is 36.1 Å². The summed E-state index contributed by atoms with van der Waals surface area (Å²) < 4.78 is 48.8. The Bertz CT molecular complexity index is 1660. The lowest BCUT2D eigenvalue weighted by molar-refractivity contribution is -0.798. The van der Waals surface area contributed by atoms with Crippen molar-refractivity contribution in [2.75, 3.05) is 13.7 Å². The van der Waals surface area contributed by atoms with Crippen LogP contribution in [-0.4, -0.2) is 50.7 Å². The number of rotatable bonds is 13. The predicted octanol–water partition coefficient (Wildman–Crippen LogP) is 8.90. The maximum atomic E-state index is 14.3. The molecule has 5 rings (SSSR count). The van der Waals surface area contributed by atoms with E-state index in [4.69, 9.17) is 27.5 Å². The summed E-state index contributed by atoms with van der Waals surface area (Å²) in [5, 5.41) is -0.0749. The van der Waals surface area contributed by atoms with Gasteiger partial charge >= 0.3 is 19.8 Å². The molecule has 2 amide bonds. The van der Waals surface area contributed by atoms with Crippen molar-refractivity contribution in [1.82, 2.24) is 0 Å². The molecule has 0 aromatic heterocycles. The number of quaternary nitrogens is 1. The minimum atomic E-state index is -4.24. The number of nitrogens with zero attached hydrogens (tertiary/aromatic N) is 1. The summed E-state index contributed by atoms with van der Waals surface area (Å²) >= 11 is 0. The van der Waals surface area contributed by atoms with Crippen molar-refractivity contribution in [3.8, 4) is 17.2 Å². The Morgan fingerprint density at radius 3 is 1.94 bits per heavy atom. The second kappa shape index (κ2) is 14.2. The number of β-lactam (4-membered cyclic amide) rings is 1. The predicted molar refractivity (Wildman–Crippen MR) is 188 cm³/mol. The highest BCUT2D eigenvalue weighted by molar-refractivity contribution is 7.49. The molecular formula is C37H47NO9PSi+. The molecule has 262 valence electrons. The first-order chi connectivity index (χ1) is 23.1. The number of carbonyl (C=O) groups is 2. The van der Waals surface area contributed by atoms with E-state index in [1.54, 1.807) is 86.1 Å². The number of hydrogen-bond acceptors (Lipinski definition) is 9. The fourth-order valence-corrected chi connectivity index (χ4v) is 8.81. The fraction of sp³-hybridized carbons (Fsp3) is 0.405. The van der Waals surface area contributed by atoms with Gasteiger partial charge in [-0.25, -0.2) is 9.36 Å². The number of hydrogen-bond donors (Lipinski definition) is 0. The largest absolute Gasteiger partial charge is 0.587 e. The molecule has 0 aliphatic carbocycles. The number of fused-ring (bicyclic) bond motifs is 1. The number of benzene rings is 3. The summed E-state index contributed by atoms with van der Waals surface area (Å²) in [6, 6.07) is 23.9. The zero-order chi connectivity index (χ0) is 35.6. The van der Waals surface area contributed by atoms with Crippen molar-refractivity contribution in [2.45, 2.75) is 71.5 Å². The molecule has 49 heavy (non-hydrogen) atoms. The number of ether oxygens (including phenoxy) is 2. The number of methoxy groups -OCH3 is 1. The average molecular weight is 709 g/mol. The quantitative estimate of drug-likeness (QED) is 0.0745. The van der Waals surface area contributed by atoms with Crippen molar-refractivity contribution in [1.29, 1.82) is 0 Å². The summed E-state index contributed by atoms with van der Waals surface area (Å²) in [5.74, 6) is 0.0807. The number of para-hydroxylation sites is 2. The monoisotopic (exact) mass is 708 g/mol. The molecule has 0 bridgehead atoms. The Morgan fingerprint density at radius 1 is 0.878 bits per heavy atom. The molecule has 2 heterocycles. The van der Waals surface area contributed by atoms with Gasteiger partial charge in [-0.2, -0.15) is 4.79 Å². The standard InChI is InChI=1S/C37H47NO9PSi/c1-26-29(25-44-48(41,45-31-15-11-9-12-16-31)46-32-17-13-10-14-18-32)23-38(36(40)43-24-28-19-21-30(42-6)22-20-28)34(26)33(35(38)39)27(2)47-49(7,8)37(3,4)5/h9-23,26-27,33-34H,24-25H2,1-8H3/q+1/t26-,27?,33+,34-,38?/m0/s1. The van der Waals surface area contributed by atoms with E-state index in [0.29, 0.717) is 22.8 Å². The summed E-state index contributed by atoms with van der Waals surface area (Å²) in [6.45, 7) is 14.3. The molecule has 12 heteroatoms. The van der Waals surface area contributed by atoms with Gasteiger partial charge < -0.3 is 22.9 Å². The van der Waals surface area contributed by atoms with Gasteiger partial charge in [-0.3, -0.25) is 4.52 Å². The third kappa shape index (κ3) is 7.56. The Labute approximate surface area is 290 Å². The summed E-state index contributed by atoms with van der Waals surface area (Å²) in [6.07, 6.45) is 0.468. The van der Waals surface area contributed by atoms with Gasteiger partial charge in [0.05, 0.1) is 19.8 Å². The molecule has 1 saturated heterocycles. The smallest absolute Gasteiger partial charge is 0.497 e. The second-order valence-electron chi connectivity index (χ2n) is 14.1. The van der Waals surface area contributed by atoms with Crippen LogP contribution >= 0.6 is 7.82 Å². The molecular weight excluding hydrogens is 661 g/mol. The Hall–Kier alpha value is -3.73. The Morgan fingerprint density at radius 2 is 1.43 bits per heavy atom. The number of imide groups is 1. The van der Waals surface area contributed by atoms with Gasteiger partial charge in [0.25, 0.3) is 0 Å². The van der Waals surface area contributed by atoms with Crippen LogP contribution < -0.4 is 13.8 Å². The second-order valence-corrected chi connectivity index (χ2v) is 20.4. The maximum Gasteiger partial charge on any atom is 0.587 e. The zero-order valence-corrected chi connectivity index (χ0v) is 31.3. The van der Waals surface area contributed by atoms with Crippen molar-refractivity contribution in [3.05, 3.63) is 102 Å². The summed E-state index contributed by atoms with van der Waals surface area (Å²) in [4.78, 5) is 28.3. The maximum absolute atomic E-state index is 14.3. The van der Waals surface area contributed by atoms with Gasteiger partial charge in [-0.1, -0.05) is 76.2 Å². The van der Waals surface area contributed by atoms with Crippen molar-refractivity contribution in [2.24, 2.45) is 11.8 Å². The topological polar surface area (TPSA) is 107 Å². The van der Waals surface area contributed by atoms with Crippen LogP contribution in [-0.2, 0) is 29.7 Å². The Balaban J connectivity index is 1.42. The van der Waals surface area contributed by atoms with E-state index in [1.807, 2.05) is 26.0 Å². The molecule has 2 aliphatic heterocycles. The SMILES string of the molecule is COc1ccc(COC(=O)[N+]23C=C(COP(=O)(Oc4ccccc4)Oc4ccccc4)[C@H](C)[C@H]2[C@@H](C(C)O[Si](C)(C)C(C)(C)C)C3=O)cc1. The van der Waals surface area contributed by atoms with Crippen LogP contribution in [0.5, 0.6) is 17.2 Å². The van der Waals surface area contributed by atoms with E-state index >= 15 is 0 Å². The highest BCUT2D eigenvalue weighted by atomic mass is 31.2. The molecule has 2 unspecified atom stereocenters. The van der Waals surface area contributed by atoms with Crippen molar-refractivity contribution < 1.29 is 46.1 Å². The van der Waals surface area contributed by atoms with E-state index in [9.17, 15) is 14.2 Å². The van der Waals surface area contributed by atoms with Gasteiger partial charge in [-0.15, -0.1) is 4.48 Å². The van der Waals surface area contributed by atoms with Crippen molar-refractivity contribution >= 4 is 28.1 Å². The van der Waals surface area contributed by atoms with E-state index in [0.717, 1.165) is 5.56 Å². The molecule has 0 spiro atoms. The van der Waals surface area contributed by atoms with Crippen molar-refractivity contribution in [3.63, 3.8) is 0 Å². The zero-order valence-electron chi connectivity index (χ0n) is 29.5. The molecule has 0 N–H and O–H groups in total. The van der Waals surface area contributed by atoms with Crippen LogP contribution in [0.15, 0.2) is 96.7 Å². The van der Waals surface area contributed by atoms with Crippen LogP contribution in [0.1, 0.15) is 40.2 Å². The molecule has 0 radical (unpaired) electrons. The minimum Gasteiger partial charge on any atom is -0.497 e. The highest BCUT2D eigenvalue weighted by Gasteiger charge is 2.75. The minimum absolute atomic E-state index is 0.0252. The molecule has 3 aromatic rings. The summed E-state index contributed by atoms with van der Waals surface area (Å²) in [5.41, 5.74) is 1.36. The normalized spacial score (nSPS) is 22.7. The van der Waals surface area contributed by atoms with Crippen LogP contribution in [0.25, 0.3) is 0 Å². The fourth-order valence-electron chi connectivity index (χ4n) is 6.17. The van der Waals surface area contributed by atoms with Crippen LogP contribution in [0.2, 0.25) is 18.1 Å². The number of amides is 2. The molecule has 0 saturated carbocycles. The Kier molecular flexibility index (Phi) is 10.6. The van der Waals surface area contributed by atoms with E-state index in [-0.39, 0.29) is 30.1 Å². The molecule has 2 aliphatic rings. The lowest BCUT2D eigenvalue weighted by Crippen LogP contribution is -2.76. The van der Waals surface area contributed by atoms with Crippen LogP contribution in [0.4, 0.5) is 4.79 Å². The van der Waals surface area contributed by atoms with E-state index in [1.165, 1.54) is 0 Å². The first-order valence-corrected chi connectivity index (χ1v) is 20.8. The average Bonchev–Trinajstić information content (AvgIpc) is 3.31. The van der Waals surface area contributed by atoms with E-state index < -0.39 is 44.8 Å². The molecule has 3 aromatic carbocycles. The van der Waals surface area contributed by atoms with Gasteiger partial charge in [-0.05, 0) is 67.0 Å². The number of phosphoric acid groups is 1.